The molecule has 0 aromatic carbocycles. The van der Waals surface area contributed by atoms with Crippen LogP contribution in [0.4, 0.5) is 0 Å². The number of aliphatic hydroxyl groups is 1. The van der Waals surface area contributed by atoms with Crippen LogP contribution in [0.3, 0.4) is 0 Å². The number of carbonyl (C=O) groups is 1. The number of aliphatic hydroxyl groups excluding tert-OH is 1. The van der Waals surface area contributed by atoms with Gasteiger partial charge in [0.25, 0.3) is 0 Å². The topological polar surface area (TPSA) is 76.4 Å². The second-order valence-corrected chi connectivity index (χ2v) is 5.12. The van der Waals surface area contributed by atoms with Gasteiger partial charge in [0.05, 0.1) is 24.6 Å². The van der Waals surface area contributed by atoms with E-state index in [0.717, 1.165) is 18.5 Å². The van der Waals surface area contributed by atoms with Crippen LogP contribution in [0.2, 0.25) is 0 Å². The number of ether oxygens (including phenoxy) is 1. The van der Waals surface area contributed by atoms with E-state index in [0.29, 0.717) is 31.2 Å². The molecule has 0 spiro atoms. The molecule has 0 bridgehead atoms. The van der Waals surface area contributed by atoms with Crippen molar-refractivity contribution >= 4 is 5.97 Å². The van der Waals surface area contributed by atoms with Gasteiger partial charge in [0.2, 0.25) is 0 Å². The van der Waals surface area contributed by atoms with Crippen molar-refractivity contribution in [3.63, 3.8) is 0 Å². The molecule has 0 saturated carbocycles. The summed E-state index contributed by atoms with van der Waals surface area (Å²) in [6, 6.07) is 0. The van der Waals surface area contributed by atoms with Crippen molar-refractivity contribution in [1.82, 2.24) is 15.1 Å². The van der Waals surface area contributed by atoms with E-state index in [4.69, 9.17) is 4.74 Å². The maximum atomic E-state index is 11.8. The van der Waals surface area contributed by atoms with Gasteiger partial charge in [0.15, 0.2) is 0 Å². The molecule has 1 unspecified atom stereocenters. The zero-order valence-electron chi connectivity index (χ0n) is 13.4. The highest BCUT2D eigenvalue weighted by Gasteiger charge is 2.18. The van der Waals surface area contributed by atoms with Crippen molar-refractivity contribution in [2.75, 3.05) is 13.2 Å². The summed E-state index contributed by atoms with van der Waals surface area (Å²) in [5.41, 5.74) is 1.24. The molecule has 1 rings (SSSR count). The molecule has 0 fully saturated rings. The van der Waals surface area contributed by atoms with Crippen LogP contribution < -0.4 is 5.32 Å². The molecular formula is C15H27N3O3. The van der Waals surface area contributed by atoms with E-state index >= 15 is 0 Å². The molecule has 2 N–H and O–H groups in total. The average Bonchev–Trinajstić information content (AvgIpc) is 2.82. The van der Waals surface area contributed by atoms with Crippen molar-refractivity contribution in [2.24, 2.45) is 13.0 Å². The normalized spacial score (nSPS) is 12.7. The van der Waals surface area contributed by atoms with Gasteiger partial charge >= 0.3 is 5.97 Å². The third-order valence-electron chi connectivity index (χ3n) is 3.80. The van der Waals surface area contributed by atoms with Crippen LogP contribution in [0.1, 0.15) is 49.7 Å². The van der Waals surface area contributed by atoms with E-state index in [1.807, 2.05) is 0 Å². The van der Waals surface area contributed by atoms with Crippen LogP contribution in [0.5, 0.6) is 0 Å². The summed E-state index contributed by atoms with van der Waals surface area (Å²) in [6.07, 6.45) is 3.06. The quantitative estimate of drug-likeness (QED) is 0.675. The zero-order valence-corrected chi connectivity index (χ0v) is 13.4. The fraction of sp³-hybridized carbons (Fsp3) is 0.733. The SMILES string of the molecule is CCOC(=O)c1cnn(C)c1CNCC(O)C(CC)CC. The lowest BCUT2D eigenvalue weighted by Crippen LogP contribution is -2.33. The summed E-state index contributed by atoms with van der Waals surface area (Å²) in [5.74, 6) is -0.0588. The summed E-state index contributed by atoms with van der Waals surface area (Å²) in [7, 11) is 1.79. The molecule has 1 aromatic heterocycles. The molecule has 6 heteroatoms. The van der Waals surface area contributed by atoms with Crippen LogP contribution in [0, 0.1) is 5.92 Å². The third kappa shape index (κ3) is 4.82. The summed E-state index contributed by atoms with van der Waals surface area (Å²) in [4.78, 5) is 11.8. The van der Waals surface area contributed by atoms with Gasteiger partial charge in [-0.3, -0.25) is 4.68 Å². The van der Waals surface area contributed by atoms with Crippen molar-refractivity contribution in [3.05, 3.63) is 17.5 Å². The standard InChI is InChI=1S/C15H27N3O3/c1-5-11(6-2)14(19)10-16-9-13-12(8-17-18(13)4)15(20)21-7-3/h8,11,14,16,19H,5-7,9-10H2,1-4H3. The first-order valence-corrected chi connectivity index (χ1v) is 7.61. The minimum Gasteiger partial charge on any atom is -0.462 e. The number of aromatic nitrogens is 2. The monoisotopic (exact) mass is 297 g/mol. The summed E-state index contributed by atoms with van der Waals surface area (Å²) in [5, 5.41) is 17.4. The Kier molecular flexibility index (Phi) is 7.39. The van der Waals surface area contributed by atoms with Crippen LogP contribution in [0.25, 0.3) is 0 Å². The van der Waals surface area contributed by atoms with E-state index in [-0.39, 0.29) is 12.1 Å². The van der Waals surface area contributed by atoms with E-state index < -0.39 is 0 Å². The smallest absolute Gasteiger partial charge is 0.341 e. The Balaban J connectivity index is 2.59. The molecule has 0 radical (unpaired) electrons. The molecular weight excluding hydrogens is 270 g/mol. The lowest BCUT2D eigenvalue weighted by molar-refractivity contribution is 0.0524. The number of hydrogen-bond acceptors (Lipinski definition) is 5. The Labute approximate surface area is 126 Å². The van der Waals surface area contributed by atoms with Crippen molar-refractivity contribution in [3.8, 4) is 0 Å². The van der Waals surface area contributed by atoms with Gasteiger partial charge in [0.1, 0.15) is 5.56 Å². The maximum Gasteiger partial charge on any atom is 0.341 e. The number of esters is 1. The van der Waals surface area contributed by atoms with Crippen molar-refractivity contribution in [2.45, 2.75) is 46.3 Å². The van der Waals surface area contributed by atoms with Crippen molar-refractivity contribution in [1.29, 1.82) is 0 Å². The molecule has 120 valence electrons. The Morgan fingerprint density at radius 2 is 2.10 bits per heavy atom. The number of aryl methyl sites for hydroxylation is 1. The lowest BCUT2D eigenvalue weighted by atomic mass is 9.96. The van der Waals surface area contributed by atoms with Crippen LogP contribution in [0.15, 0.2) is 6.20 Å². The Morgan fingerprint density at radius 3 is 2.67 bits per heavy atom. The number of nitrogens with zero attached hydrogens (tertiary/aromatic N) is 2. The first-order valence-electron chi connectivity index (χ1n) is 7.61. The van der Waals surface area contributed by atoms with E-state index in [1.165, 1.54) is 6.20 Å². The molecule has 0 aliphatic heterocycles. The lowest BCUT2D eigenvalue weighted by Gasteiger charge is -2.20. The molecule has 1 heterocycles. The molecule has 0 saturated heterocycles. The number of hydrogen-bond donors (Lipinski definition) is 2. The summed E-state index contributed by atoms with van der Waals surface area (Å²) >= 11 is 0. The van der Waals surface area contributed by atoms with E-state index in [2.05, 4.69) is 24.3 Å². The highest BCUT2D eigenvalue weighted by atomic mass is 16.5. The second-order valence-electron chi connectivity index (χ2n) is 5.12. The predicted octanol–water partition coefficient (Wildman–Crippen LogP) is 1.48. The average molecular weight is 297 g/mol. The fourth-order valence-corrected chi connectivity index (χ4v) is 2.39. The van der Waals surface area contributed by atoms with Gasteiger partial charge in [-0.05, 0) is 12.8 Å². The molecule has 0 amide bonds. The Bertz CT molecular complexity index is 441. The first-order chi connectivity index (χ1) is 10.0. The van der Waals surface area contributed by atoms with Gasteiger partial charge in [-0.1, -0.05) is 26.7 Å². The molecule has 21 heavy (non-hydrogen) atoms. The van der Waals surface area contributed by atoms with Gasteiger partial charge in [-0.15, -0.1) is 0 Å². The first kappa shape index (κ1) is 17.7. The second kappa shape index (κ2) is 8.79. The Morgan fingerprint density at radius 1 is 1.43 bits per heavy atom. The third-order valence-corrected chi connectivity index (χ3v) is 3.80. The molecule has 1 aromatic rings. The molecule has 0 aliphatic carbocycles. The number of nitrogens with one attached hydrogen (secondary N) is 1. The van der Waals surface area contributed by atoms with Gasteiger partial charge < -0.3 is 15.2 Å². The summed E-state index contributed by atoms with van der Waals surface area (Å²) < 4.78 is 6.67. The van der Waals surface area contributed by atoms with Crippen LogP contribution in [-0.4, -0.2) is 40.1 Å². The van der Waals surface area contributed by atoms with Crippen LogP contribution >= 0.6 is 0 Å². The van der Waals surface area contributed by atoms with E-state index in [9.17, 15) is 9.90 Å². The Hall–Kier alpha value is -1.40. The minimum atomic E-state index is -0.376. The van der Waals surface area contributed by atoms with Crippen molar-refractivity contribution < 1.29 is 14.6 Å². The minimum absolute atomic E-state index is 0.300. The molecule has 1 atom stereocenters. The number of rotatable bonds is 9. The zero-order chi connectivity index (χ0) is 15.8. The van der Waals surface area contributed by atoms with Gasteiger partial charge in [-0.25, -0.2) is 4.79 Å². The maximum absolute atomic E-state index is 11.8. The highest BCUT2D eigenvalue weighted by molar-refractivity contribution is 5.90. The van der Waals surface area contributed by atoms with Gasteiger partial charge in [0, 0.05) is 20.1 Å². The van der Waals surface area contributed by atoms with Gasteiger partial charge in [-0.2, -0.15) is 5.10 Å². The van der Waals surface area contributed by atoms with E-state index in [1.54, 1.807) is 18.7 Å². The largest absolute Gasteiger partial charge is 0.462 e. The highest BCUT2D eigenvalue weighted by Crippen LogP contribution is 2.13. The predicted molar refractivity (Wildman–Crippen MR) is 81.0 cm³/mol. The fourth-order valence-electron chi connectivity index (χ4n) is 2.39. The van der Waals surface area contributed by atoms with Crippen LogP contribution in [-0.2, 0) is 18.3 Å². The number of carbonyl (C=O) groups excluding carboxylic acids is 1. The molecule has 0 aliphatic rings. The summed E-state index contributed by atoms with van der Waals surface area (Å²) in [6.45, 7) is 7.25. The molecule has 6 nitrogen and oxygen atoms in total.